The van der Waals surface area contributed by atoms with Gasteiger partial charge in [0.2, 0.25) is 0 Å². The summed E-state index contributed by atoms with van der Waals surface area (Å²) in [5.74, 6) is 3.22. The molecule has 5 aromatic rings. The summed E-state index contributed by atoms with van der Waals surface area (Å²) < 4.78 is 21.6. The van der Waals surface area contributed by atoms with Crippen LogP contribution in [0.15, 0.2) is 145 Å². The third-order valence-electron chi connectivity index (χ3n) is 8.44. The number of rotatable bonds is 11. The summed E-state index contributed by atoms with van der Waals surface area (Å²) in [6.45, 7) is 0. The second-order valence-corrected chi connectivity index (χ2v) is 11.2. The van der Waals surface area contributed by atoms with Crippen molar-refractivity contribution in [2.45, 2.75) is 12.0 Å². The summed E-state index contributed by atoms with van der Waals surface area (Å²) in [6.07, 6.45) is 7.03. The maximum Gasteiger partial charge on any atom is 0.119 e. The number of ether oxygens (including phenoxy) is 4. The lowest BCUT2D eigenvalue weighted by molar-refractivity contribution is 0.414. The van der Waals surface area contributed by atoms with Gasteiger partial charge in [0.1, 0.15) is 23.0 Å². The standard InChI is InChI=1S/C40H39N3O4/c1-44-36-17-9-31(10-18-36)42(32-11-19-37(45-2)20-12-32)30-7-5-29(6-8-30)40(41)27-25-35(26-28-40)43(33-13-21-38(46-3)22-14-33)34-15-23-39(47-4)24-16-34/h5-27H,28,41H2,1-4H3. The Kier molecular flexibility index (Phi) is 9.18. The van der Waals surface area contributed by atoms with Crippen molar-refractivity contribution in [3.63, 3.8) is 0 Å². The van der Waals surface area contributed by atoms with E-state index in [9.17, 15) is 0 Å². The lowest BCUT2D eigenvalue weighted by Gasteiger charge is -2.33. The Morgan fingerprint density at radius 1 is 0.468 bits per heavy atom. The van der Waals surface area contributed by atoms with Crippen molar-refractivity contribution >= 4 is 28.4 Å². The Morgan fingerprint density at radius 3 is 1.09 bits per heavy atom. The van der Waals surface area contributed by atoms with Crippen molar-refractivity contribution in [3.8, 4) is 23.0 Å². The fourth-order valence-corrected chi connectivity index (χ4v) is 5.76. The minimum absolute atomic E-state index is 0.627. The Morgan fingerprint density at radius 2 is 0.787 bits per heavy atom. The first-order valence-electron chi connectivity index (χ1n) is 15.4. The smallest absolute Gasteiger partial charge is 0.119 e. The number of allylic oxidation sites excluding steroid dienone is 1. The molecule has 0 spiro atoms. The SMILES string of the molecule is COc1ccc(N(C2=CCC(N)(c3ccc(N(c4ccc(OC)cc4)c4ccc(OC)cc4)cc3)C=C2)c2ccc(OC)cc2)cc1. The highest BCUT2D eigenvalue weighted by molar-refractivity contribution is 5.77. The van der Waals surface area contributed by atoms with Crippen LogP contribution in [-0.2, 0) is 5.54 Å². The molecule has 7 heteroatoms. The average Bonchev–Trinajstić information content (AvgIpc) is 3.14. The first-order valence-corrected chi connectivity index (χ1v) is 15.4. The van der Waals surface area contributed by atoms with Gasteiger partial charge < -0.3 is 34.5 Å². The number of methoxy groups -OCH3 is 4. The van der Waals surface area contributed by atoms with Crippen LogP contribution in [0.5, 0.6) is 23.0 Å². The molecule has 0 amide bonds. The van der Waals surface area contributed by atoms with Gasteiger partial charge in [0.15, 0.2) is 0 Å². The molecule has 238 valence electrons. The van der Waals surface area contributed by atoms with Gasteiger partial charge in [0.05, 0.1) is 34.0 Å². The van der Waals surface area contributed by atoms with E-state index in [0.717, 1.165) is 62.7 Å². The van der Waals surface area contributed by atoms with Crippen molar-refractivity contribution < 1.29 is 18.9 Å². The molecule has 47 heavy (non-hydrogen) atoms. The number of benzene rings is 5. The van der Waals surface area contributed by atoms with E-state index in [2.05, 4.69) is 101 Å². The largest absolute Gasteiger partial charge is 0.497 e. The predicted octanol–water partition coefficient (Wildman–Crippen LogP) is 9.03. The van der Waals surface area contributed by atoms with E-state index < -0.39 is 5.54 Å². The van der Waals surface area contributed by atoms with Gasteiger partial charge in [-0.15, -0.1) is 0 Å². The van der Waals surface area contributed by atoms with E-state index in [0.29, 0.717) is 6.42 Å². The highest BCUT2D eigenvalue weighted by atomic mass is 16.5. The second-order valence-electron chi connectivity index (χ2n) is 11.2. The normalized spacial score (nSPS) is 15.4. The molecule has 0 heterocycles. The van der Waals surface area contributed by atoms with Gasteiger partial charge in [-0.1, -0.05) is 24.3 Å². The van der Waals surface area contributed by atoms with Crippen LogP contribution < -0.4 is 34.5 Å². The molecular formula is C40H39N3O4. The van der Waals surface area contributed by atoms with Crippen LogP contribution in [0, 0.1) is 0 Å². The fourth-order valence-electron chi connectivity index (χ4n) is 5.76. The molecule has 0 radical (unpaired) electrons. The van der Waals surface area contributed by atoms with Crippen LogP contribution in [0.25, 0.3) is 0 Å². The van der Waals surface area contributed by atoms with Crippen LogP contribution in [0.2, 0.25) is 0 Å². The highest BCUT2D eigenvalue weighted by Gasteiger charge is 2.28. The Balaban J connectivity index is 1.29. The van der Waals surface area contributed by atoms with Crippen molar-refractivity contribution in [2.75, 3.05) is 38.2 Å². The van der Waals surface area contributed by atoms with Crippen LogP contribution >= 0.6 is 0 Å². The van der Waals surface area contributed by atoms with Crippen molar-refractivity contribution in [3.05, 3.63) is 151 Å². The molecule has 1 unspecified atom stereocenters. The molecule has 0 fully saturated rings. The van der Waals surface area contributed by atoms with E-state index >= 15 is 0 Å². The summed E-state index contributed by atoms with van der Waals surface area (Å²) in [5, 5.41) is 0. The number of nitrogens with two attached hydrogens (primary N) is 1. The first kappa shape index (κ1) is 31.3. The fraction of sp³-hybridized carbons (Fsp3) is 0.150. The van der Waals surface area contributed by atoms with Crippen molar-refractivity contribution in [1.29, 1.82) is 0 Å². The van der Waals surface area contributed by atoms with Gasteiger partial charge in [-0.3, -0.25) is 0 Å². The minimum atomic E-state index is -0.668. The molecule has 0 bridgehead atoms. The van der Waals surface area contributed by atoms with E-state index in [1.165, 1.54) is 0 Å². The molecule has 1 aliphatic carbocycles. The molecule has 0 aromatic heterocycles. The topological polar surface area (TPSA) is 69.4 Å². The molecule has 1 atom stereocenters. The van der Waals surface area contributed by atoms with Crippen LogP contribution in [-0.4, -0.2) is 28.4 Å². The van der Waals surface area contributed by atoms with Crippen LogP contribution in [0.3, 0.4) is 0 Å². The molecule has 6 rings (SSSR count). The quantitative estimate of drug-likeness (QED) is 0.157. The Labute approximate surface area is 276 Å². The summed E-state index contributed by atoms with van der Waals surface area (Å²) in [7, 11) is 6.69. The number of hydrogen-bond donors (Lipinski definition) is 1. The monoisotopic (exact) mass is 625 g/mol. The second kappa shape index (κ2) is 13.8. The van der Waals surface area contributed by atoms with Gasteiger partial charge in [-0.25, -0.2) is 0 Å². The summed E-state index contributed by atoms with van der Waals surface area (Å²) in [6, 6.07) is 40.6. The number of hydrogen-bond acceptors (Lipinski definition) is 7. The third-order valence-corrected chi connectivity index (χ3v) is 8.44. The zero-order valence-electron chi connectivity index (χ0n) is 27.1. The summed E-state index contributed by atoms with van der Waals surface area (Å²) in [5.41, 5.74) is 13.5. The Hall–Kier alpha value is -5.66. The first-order chi connectivity index (χ1) is 22.9. The molecular weight excluding hydrogens is 586 g/mol. The molecule has 0 saturated carbocycles. The zero-order valence-corrected chi connectivity index (χ0v) is 27.1. The predicted molar refractivity (Wildman–Crippen MR) is 190 cm³/mol. The van der Waals surface area contributed by atoms with Gasteiger partial charge in [-0.05, 0) is 127 Å². The van der Waals surface area contributed by atoms with Crippen LogP contribution in [0.4, 0.5) is 28.4 Å². The molecule has 0 aliphatic heterocycles. The van der Waals surface area contributed by atoms with Crippen molar-refractivity contribution in [1.82, 2.24) is 0 Å². The van der Waals surface area contributed by atoms with E-state index in [-0.39, 0.29) is 0 Å². The van der Waals surface area contributed by atoms with Gasteiger partial charge in [-0.2, -0.15) is 0 Å². The summed E-state index contributed by atoms with van der Waals surface area (Å²) in [4.78, 5) is 4.40. The lowest BCUT2D eigenvalue weighted by Crippen LogP contribution is -2.36. The van der Waals surface area contributed by atoms with E-state index in [4.69, 9.17) is 24.7 Å². The van der Waals surface area contributed by atoms with E-state index in [1.807, 2.05) is 48.5 Å². The van der Waals surface area contributed by atoms with E-state index in [1.54, 1.807) is 28.4 Å². The molecule has 2 N–H and O–H groups in total. The molecule has 5 aromatic carbocycles. The third kappa shape index (κ3) is 6.66. The Bertz CT molecular complexity index is 1740. The van der Waals surface area contributed by atoms with Gasteiger partial charge >= 0.3 is 0 Å². The minimum Gasteiger partial charge on any atom is -0.497 e. The van der Waals surface area contributed by atoms with Crippen LogP contribution in [0.1, 0.15) is 12.0 Å². The molecule has 7 nitrogen and oxygen atoms in total. The zero-order chi connectivity index (χ0) is 32.8. The van der Waals surface area contributed by atoms with Gasteiger partial charge in [0.25, 0.3) is 0 Å². The molecule has 1 aliphatic rings. The lowest BCUT2D eigenvalue weighted by atomic mass is 9.84. The average molecular weight is 626 g/mol. The maximum absolute atomic E-state index is 7.08. The maximum atomic E-state index is 7.08. The summed E-state index contributed by atoms with van der Waals surface area (Å²) >= 11 is 0. The number of nitrogens with zero attached hydrogens (tertiary/aromatic N) is 2. The molecule has 0 saturated heterocycles. The number of anilines is 5. The highest BCUT2D eigenvalue weighted by Crippen LogP contribution is 2.40. The van der Waals surface area contributed by atoms with Crippen molar-refractivity contribution in [2.24, 2.45) is 5.73 Å². The van der Waals surface area contributed by atoms with Gasteiger partial charge in [0, 0.05) is 34.1 Å².